The normalized spacial score (nSPS) is 50.1. The molecule has 0 aromatic carbocycles. The lowest BCUT2D eigenvalue weighted by molar-refractivity contribution is -0.219. The summed E-state index contributed by atoms with van der Waals surface area (Å²) < 4.78 is 19.5. The second-order valence-corrected chi connectivity index (χ2v) is 9.34. The Hall–Kier alpha value is -1.20. The van der Waals surface area contributed by atoms with Crippen LogP contribution in [0.15, 0.2) is 23.3 Å². The molecule has 2 N–H and O–H groups in total. The number of hydrogen-bond acceptors (Lipinski definition) is 4. The molecule has 0 amide bonds. The van der Waals surface area contributed by atoms with Gasteiger partial charge in [0.2, 0.25) is 5.79 Å². The first kappa shape index (κ1) is 18.2. The predicted molar refractivity (Wildman–Crippen MR) is 94.7 cm³/mol. The van der Waals surface area contributed by atoms with Gasteiger partial charge in [0, 0.05) is 25.2 Å². The van der Waals surface area contributed by atoms with Gasteiger partial charge in [0.25, 0.3) is 0 Å². The fraction of sp³-hybridized carbons (Fsp3) is 0.762. The number of ether oxygens (including phenoxy) is 1. The van der Waals surface area contributed by atoms with E-state index in [0.717, 1.165) is 24.8 Å². The maximum atomic E-state index is 14.3. The van der Waals surface area contributed by atoms with Gasteiger partial charge in [-0.3, -0.25) is 4.79 Å². The maximum absolute atomic E-state index is 14.3. The van der Waals surface area contributed by atoms with E-state index < -0.39 is 24.0 Å². The molecule has 7 atom stereocenters. The molecule has 4 aliphatic carbocycles. The van der Waals surface area contributed by atoms with Crippen molar-refractivity contribution in [2.24, 2.45) is 22.7 Å². The first-order chi connectivity index (χ1) is 12.1. The van der Waals surface area contributed by atoms with Gasteiger partial charge in [0.15, 0.2) is 0 Å². The van der Waals surface area contributed by atoms with E-state index in [0.29, 0.717) is 25.2 Å². The molecular formula is C21H29FO4. The summed E-state index contributed by atoms with van der Waals surface area (Å²) in [5.41, 5.74) is 1.90. The molecule has 4 nitrogen and oxygen atoms in total. The monoisotopic (exact) mass is 364 g/mol. The summed E-state index contributed by atoms with van der Waals surface area (Å²) in [5.74, 6) is -1.50. The van der Waals surface area contributed by atoms with Gasteiger partial charge in [-0.15, -0.1) is 0 Å². The van der Waals surface area contributed by atoms with Gasteiger partial charge in [-0.2, -0.15) is 0 Å². The Morgan fingerprint density at radius 2 is 1.96 bits per heavy atom. The Morgan fingerprint density at radius 3 is 2.65 bits per heavy atom. The average molecular weight is 364 g/mol. The fourth-order valence-corrected chi connectivity index (χ4v) is 6.27. The Kier molecular flexibility index (Phi) is 3.95. The van der Waals surface area contributed by atoms with Crippen LogP contribution in [0.5, 0.6) is 0 Å². The Morgan fingerprint density at radius 1 is 1.23 bits per heavy atom. The summed E-state index contributed by atoms with van der Waals surface area (Å²) in [6, 6.07) is 0. The van der Waals surface area contributed by atoms with Crippen molar-refractivity contribution >= 4 is 5.97 Å². The maximum Gasteiger partial charge on any atom is 0.305 e. The highest BCUT2D eigenvalue weighted by molar-refractivity contribution is 5.66. The van der Waals surface area contributed by atoms with Crippen LogP contribution in [0.2, 0.25) is 0 Å². The molecule has 0 saturated heterocycles. The third-order valence-corrected chi connectivity index (χ3v) is 7.87. The highest BCUT2D eigenvalue weighted by Crippen LogP contribution is 2.64. The highest BCUT2D eigenvalue weighted by Gasteiger charge is 2.60. The number of fused-ring (bicyclic) bond motifs is 5. The summed E-state index contributed by atoms with van der Waals surface area (Å²) in [7, 11) is 0. The van der Waals surface area contributed by atoms with E-state index >= 15 is 0 Å². The number of halogens is 1. The molecule has 26 heavy (non-hydrogen) atoms. The quantitative estimate of drug-likeness (QED) is 0.553. The Balaban J connectivity index is 1.68. The van der Waals surface area contributed by atoms with Crippen molar-refractivity contribution in [3.05, 3.63) is 23.3 Å². The van der Waals surface area contributed by atoms with Gasteiger partial charge in [0.1, 0.15) is 6.17 Å². The molecule has 0 spiro atoms. The minimum Gasteiger partial charge on any atom is -0.433 e. The number of alkyl halides is 1. The SMILES string of the molecule is CC(=O)O[C@]1(O)CC[C@@]2(C)C(=CC=C3[C@@H]4C[C@@H](F)[C@H](O)[C@@]4(C)CC[C@@H]32)C1. The largest absolute Gasteiger partial charge is 0.433 e. The van der Waals surface area contributed by atoms with Gasteiger partial charge >= 0.3 is 5.97 Å². The van der Waals surface area contributed by atoms with Gasteiger partial charge in [-0.25, -0.2) is 4.39 Å². The molecule has 4 aliphatic rings. The van der Waals surface area contributed by atoms with E-state index in [1.54, 1.807) is 0 Å². The van der Waals surface area contributed by atoms with E-state index in [-0.39, 0.29) is 16.7 Å². The molecule has 144 valence electrons. The number of hydrogen-bond donors (Lipinski definition) is 2. The highest BCUT2D eigenvalue weighted by atomic mass is 19.1. The number of allylic oxidation sites excluding steroid dienone is 3. The van der Waals surface area contributed by atoms with Crippen molar-refractivity contribution in [2.75, 3.05) is 0 Å². The average Bonchev–Trinajstić information content (AvgIpc) is 2.79. The molecule has 0 heterocycles. The molecule has 0 bridgehead atoms. The molecule has 0 unspecified atom stereocenters. The van der Waals surface area contributed by atoms with Crippen LogP contribution in [-0.4, -0.2) is 34.2 Å². The zero-order chi connectivity index (χ0) is 18.9. The standard InChI is InChI=1S/C21H29FO4/c1-12(23)26-21(25)9-8-19(2)13(11-21)4-5-14-15(19)6-7-20(3)16(14)10-17(22)18(20)24/h4-5,15-18,24-25H,6-11H2,1-3H3/t15-,16-,17+,18-,19-,20-,21+/m0/s1. The number of carbonyl (C=O) groups is 1. The Bertz CT molecular complexity index is 700. The summed E-state index contributed by atoms with van der Waals surface area (Å²) >= 11 is 0. The van der Waals surface area contributed by atoms with Gasteiger partial charge < -0.3 is 14.9 Å². The fourth-order valence-electron chi connectivity index (χ4n) is 6.27. The molecular weight excluding hydrogens is 335 g/mol. The topological polar surface area (TPSA) is 66.8 Å². The molecule has 5 heteroatoms. The number of aliphatic hydroxyl groups is 2. The first-order valence-electron chi connectivity index (χ1n) is 9.74. The first-order valence-corrected chi connectivity index (χ1v) is 9.74. The zero-order valence-corrected chi connectivity index (χ0v) is 15.8. The van der Waals surface area contributed by atoms with Crippen molar-refractivity contribution in [3.8, 4) is 0 Å². The second kappa shape index (κ2) is 5.65. The van der Waals surface area contributed by atoms with Gasteiger partial charge in [-0.05, 0) is 42.9 Å². The van der Waals surface area contributed by atoms with Crippen LogP contribution in [0.3, 0.4) is 0 Å². The number of rotatable bonds is 1. The lowest BCUT2D eigenvalue weighted by atomic mass is 9.51. The van der Waals surface area contributed by atoms with Gasteiger partial charge in [-0.1, -0.05) is 37.1 Å². The van der Waals surface area contributed by atoms with Crippen molar-refractivity contribution in [2.45, 2.75) is 77.4 Å². The van der Waals surface area contributed by atoms with E-state index in [9.17, 15) is 19.4 Å². The zero-order valence-electron chi connectivity index (χ0n) is 15.8. The lowest BCUT2D eigenvalue weighted by Gasteiger charge is -2.55. The predicted octanol–water partition coefficient (Wildman–Crippen LogP) is 3.43. The van der Waals surface area contributed by atoms with Crippen LogP contribution >= 0.6 is 0 Å². The van der Waals surface area contributed by atoms with Crippen LogP contribution in [0.1, 0.15) is 59.3 Å². The molecule has 3 fully saturated rings. The lowest BCUT2D eigenvalue weighted by Crippen LogP contribution is -2.50. The van der Waals surface area contributed by atoms with Crippen molar-refractivity contribution in [3.63, 3.8) is 0 Å². The van der Waals surface area contributed by atoms with Crippen molar-refractivity contribution in [1.29, 1.82) is 0 Å². The summed E-state index contributed by atoms with van der Waals surface area (Å²) in [5, 5.41) is 21.1. The molecule has 3 saturated carbocycles. The minimum absolute atomic E-state index is 0.0788. The third-order valence-electron chi connectivity index (χ3n) is 7.87. The second-order valence-electron chi connectivity index (χ2n) is 9.34. The van der Waals surface area contributed by atoms with Crippen molar-refractivity contribution in [1.82, 2.24) is 0 Å². The minimum atomic E-state index is -1.42. The van der Waals surface area contributed by atoms with E-state index in [2.05, 4.69) is 13.0 Å². The molecule has 0 radical (unpaired) electrons. The van der Waals surface area contributed by atoms with E-state index in [1.165, 1.54) is 12.5 Å². The smallest absolute Gasteiger partial charge is 0.305 e. The third kappa shape index (κ3) is 2.43. The molecule has 0 aliphatic heterocycles. The van der Waals surface area contributed by atoms with Crippen LogP contribution < -0.4 is 0 Å². The van der Waals surface area contributed by atoms with E-state index in [1.807, 2.05) is 13.0 Å². The molecule has 0 aromatic heterocycles. The van der Waals surface area contributed by atoms with E-state index in [4.69, 9.17) is 4.74 Å². The van der Waals surface area contributed by atoms with Crippen LogP contribution in [0.4, 0.5) is 4.39 Å². The Labute approximate surface area is 154 Å². The summed E-state index contributed by atoms with van der Waals surface area (Å²) in [4.78, 5) is 11.3. The summed E-state index contributed by atoms with van der Waals surface area (Å²) in [6.07, 6.45) is 5.72. The van der Waals surface area contributed by atoms with Gasteiger partial charge in [0.05, 0.1) is 6.10 Å². The van der Waals surface area contributed by atoms with Crippen LogP contribution in [0, 0.1) is 22.7 Å². The number of aliphatic hydroxyl groups excluding tert-OH is 1. The molecule has 4 rings (SSSR count). The van der Waals surface area contributed by atoms with Crippen molar-refractivity contribution < 1.29 is 24.1 Å². The summed E-state index contributed by atoms with van der Waals surface area (Å²) in [6.45, 7) is 5.57. The molecule has 0 aromatic rings. The van der Waals surface area contributed by atoms with Crippen LogP contribution in [-0.2, 0) is 9.53 Å². The number of carbonyl (C=O) groups excluding carboxylic acids is 1. The number of esters is 1. The van der Waals surface area contributed by atoms with Crippen LogP contribution in [0.25, 0.3) is 0 Å².